The van der Waals surface area contributed by atoms with Crippen LogP contribution in [0.3, 0.4) is 0 Å². The first kappa shape index (κ1) is 14.8. The predicted molar refractivity (Wildman–Crippen MR) is 72.0 cm³/mol. The van der Waals surface area contributed by atoms with Crippen molar-refractivity contribution in [3.8, 4) is 0 Å². The number of carboxylic acids is 1. The molecule has 0 aromatic carbocycles. The van der Waals surface area contributed by atoms with Gasteiger partial charge in [0.1, 0.15) is 5.54 Å². The molecule has 2 amide bonds. The van der Waals surface area contributed by atoms with Gasteiger partial charge < -0.3 is 15.3 Å². The average Bonchev–Trinajstić information content (AvgIpc) is 2.42. The summed E-state index contributed by atoms with van der Waals surface area (Å²) in [5, 5.41) is 12.2. The summed E-state index contributed by atoms with van der Waals surface area (Å²) in [7, 11) is 1.72. The van der Waals surface area contributed by atoms with Gasteiger partial charge in [0.25, 0.3) is 0 Å². The number of hydrogen-bond donors (Lipinski definition) is 2. The Bertz CT molecular complexity index is 415. The Hall–Kier alpha value is -1.59. The quantitative estimate of drug-likeness (QED) is 0.800. The van der Waals surface area contributed by atoms with Gasteiger partial charge in [-0.3, -0.25) is 9.59 Å². The Balaban J connectivity index is 2.02. The molecule has 0 bridgehead atoms. The summed E-state index contributed by atoms with van der Waals surface area (Å²) in [5.74, 6) is -1.68. The van der Waals surface area contributed by atoms with Crippen molar-refractivity contribution in [2.75, 3.05) is 13.6 Å². The monoisotopic (exact) mass is 282 g/mol. The maximum atomic E-state index is 12.3. The van der Waals surface area contributed by atoms with Crippen LogP contribution in [-0.2, 0) is 14.4 Å². The maximum absolute atomic E-state index is 12.3. The molecule has 1 atom stereocenters. The van der Waals surface area contributed by atoms with Gasteiger partial charge in [0, 0.05) is 25.9 Å². The molecule has 6 heteroatoms. The third-order valence-corrected chi connectivity index (χ3v) is 4.51. The molecule has 1 saturated carbocycles. The van der Waals surface area contributed by atoms with E-state index >= 15 is 0 Å². The van der Waals surface area contributed by atoms with Crippen LogP contribution in [0.2, 0.25) is 0 Å². The van der Waals surface area contributed by atoms with E-state index in [2.05, 4.69) is 5.32 Å². The summed E-state index contributed by atoms with van der Waals surface area (Å²) in [6.45, 7) is 0.553. The molecular formula is C14H22N2O4. The summed E-state index contributed by atoms with van der Waals surface area (Å²) < 4.78 is 0. The van der Waals surface area contributed by atoms with Gasteiger partial charge in [-0.05, 0) is 19.3 Å². The number of rotatable bonds is 3. The number of nitrogens with one attached hydrogen (secondary N) is 1. The number of carbonyl (C=O) groups is 3. The minimum Gasteiger partial charge on any atom is -0.480 e. The van der Waals surface area contributed by atoms with Crippen LogP contribution in [0.15, 0.2) is 0 Å². The molecule has 6 nitrogen and oxygen atoms in total. The highest BCUT2D eigenvalue weighted by Gasteiger charge is 2.42. The first-order chi connectivity index (χ1) is 9.44. The van der Waals surface area contributed by atoms with Crippen LogP contribution in [0, 0.1) is 5.92 Å². The Morgan fingerprint density at radius 3 is 2.50 bits per heavy atom. The molecular weight excluding hydrogens is 260 g/mol. The second-order valence-corrected chi connectivity index (χ2v) is 5.94. The fraction of sp³-hybridized carbons (Fsp3) is 0.786. The first-order valence-corrected chi connectivity index (χ1v) is 7.24. The Morgan fingerprint density at radius 2 is 1.95 bits per heavy atom. The van der Waals surface area contributed by atoms with Crippen molar-refractivity contribution >= 4 is 17.8 Å². The van der Waals surface area contributed by atoms with E-state index in [1.54, 1.807) is 11.9 Å². The van der Waals surface area contributed by atoms with E-state index in [0.717, 1.165) is 19.3 Å². The SMILES string of the molecule is CN1CC[C@H](C(=O)NC2(C(=O)O)CCCCC2)CC1=O. The Morgan fingerprint density at radius 1 is 1.30 bits per heavy atom. The number of aliphatic carboxylic acids is 1. The highest BCUT2D eigenvalue weighted by molar-refractivity contribution is 5.91. The molecule has 1 aliphatic carbocycles. The van der Waals surface area contributed by atoms with Gasteiger partial charge in [-0.2, -0.15) is 0 Å². The lowest BCUT2D eigenvalue weighted by atomic mass is 9.81. The minimum atomic E-state index is -1.12. The molecule has 0 unspecified atom stereocenters. The van der Waals surface area contributed by atoms with E-state index in [1.807, 2.05) is 0 Å². The van der Waals surface area contributed by atoms with Gasteiger partial charge in [0.05, 0.1) is 0 Å². The van der Waals surface area contributed by atoms with Crippen molar-refractivity contribution in [1.82, 2.24) is 10.2 Å². The predicted octanol–water partition coefficient (Wildman–Crippen LogP) is 0.758. The zero-order valence-corrected chi connectivity index (χ0v) is 11.9. The number of carboxylic acid groups (broad SMARTS) is 1. The normalized spacial score (nSPS) is 26.1. The van der Waals surface area contributed by atoms with Gasteiger partial charge in [-0.15, -0.1) is 0 Å². The molecule has 0 aromatic rings. The van der Waals surface area contributed by atoms with Gasteiger partial charge in [-0.1, -0.05) is 19.3 Å². The summed E-state index contributed by atoms with van der Waals surface area (Å²) in [4.78, 5) is 37.1. The van der Waals surface area contributed by atoms with E-state index in [4.69, 9.17) is 0 Å². The van der Waals surface area contributed by atoms with E-state index < -0.39 is 17.4 Å². The minimum absolute atomic E-state index is 0.0515. The zero-order valence-electron chi connectivity index (χ0n) is 11.9. The number of carbonyl (C=O) groups excluding carboxylic acids is 2. The molecule has 1 aliphatic heterocycles. The Kier molecular flexibility index (Phi) is 4.30. The fourth-order valence-corrected chi connectivity index (χ4v) is 3.05. The van der Waals surface area contributed by atoms with Crippen molar-refractivity contribution in [3.05, 3.63) is 0 Å². The second kappa shape index (κ2) is 5.81. The van der Waals surface area contributed by atoms with Gasteiger partial charge in [0.15, 0.2) is 0 Å². The van der Waals surface area contributed by atoms with Crippen LogP contribution in [0.5, 0.6) is 0 Å². The summed E-state index contributed by atoms with van der Waals surface area (Å²) in [6.07, 6.45) is 4.39. The van der Waals surface area contributed by atoms with Crippen LogP contribution in [0.4, 0.5) is 0 Å². The number of amides is 2. The third kappa shape index (κ3) is 2.94. The highest BCUT2D eigenvalue weighted by atomic mass is 16.4. The number of likely N-dealkylation sites (tertiary alicyclic amines) is 1. The lowest BCUT2D eigenvalue weighted by molar-refractivity contribution is -0.150. The van der Waals surface area contributed by atoms with Crippen LogP contribution in [0.1, 0.15) is 44.9 Å². The average molecular weight is 282 g/mol. The zero-order chi connectivity index (χ0) is 14.8. The molecule has 2 rings (SSSR count). The van der Waals surface area contributed by atoms with Gasteiger partial charge in [0.2, 0.25) is 11.8 Å². The van der Waals surface area contributed by atoms with Crippen molar-refractivity contribution < 1.29 is 19.5 Å². The molecule has 1 heterocycles. The molecule has 2 aliphatic rings. The smallest absolute Gasteiger partial charge is 0.329 e. The number of piperidine rings is 1. The van der Waals surface area contributed by atoms with E-state index in [1.165, 1.54) is 0 Å². The lowest BCUT2D eigenvalue weighted by Crippen LogP contribution is -2.57. The van der Waals surface area contributed by atoms with Crippen LogP contribution in [-0.4, -0.2) is 46.9 Å². The topological polar surface area (TPSA) is 86.7 Å². The standard InChI is InChI=1S/C14H22N2O4/c1-16-8-5-10(9-11(16)17)12(18)15-14(13(19)20)6-3-2-4-7-14/h10H,2-9H2,1H3,(H,15,18)(H,19,20)/t10-/m0/s1. The number of nitrogens with zero attached hydrogens (tertiary/aromatic N) is 1. The summed E-state index contributed by atoms with van der Waals surface area (Å²) in [6, 6.07) is 0. The summed E-state index contributed by atoms with van der Waals surface area (Å²) >= 11 is 0. The van der Waals surface area contributed by atoms with Gasteiger partial charge in [-0.25, -0.2) is 4.79 Å². The van der Waals surface area contributed by atoms with Crippen LogP contribution < -0.4 is 5.32 Å². The fourth-order valence-electron chi connectivity index (χ4n) is 3.05. The third-order valence-electron chi connectivity index (χ3n) is 4.51. The molecule has 0 aromatic heterocycles. The molecule has 0 radical (unpaired) electrons. The van der Waals surface area contributed by atoms with Crippen molar-refractivity contribution in [2.24, 2.45) is 5.92 Å². The molecule has 20 heavy (non-hydrogen) atoms. The second-order valence-electron chi connectivity index (χ2n) is 5.94. The highest BCUT2D eigenvalue weighted by Crippen LogP contribution is 2.29. The molecule has 0 spiro atoms. The molecule has 2 fully saturated rings. The van der Waals surface area contributed by atoms with E-state index in [-0.39, 0.29) is 18.2 Å². The maximum Gasteiger partial charge on any atom is 0.329 e. The first-order valence-electron chi connectivity index (χ1n) is 7.24. The molecule has 1 saturated heterocycles. The van der Waals surface area contributed by atoms with Crippen LogP contribution >= 0.6 is 0 Å². The van der Waals surface area contributed by atoms with Crippen LogP contribution in [0.25, 0.3) is 0 Å². The van der Waals surface area contributed by atoms with Crippen molar-refractivity contribution in [3.63, 3.8) is 0 Å². The largest absolute Gasteiger partial charge is 0.480 e. The number of hydrogen-bond acceptors (Lipinski definition) is 3. The molecule has 112 valence electrons. The van der Waals surface area contributed by atoms with E-state index in [9.17, 15) is 19.5 Å². The summed E-state index contributed by atoms with van der Waals surface area (Å²) in [5.41, 5.74) is -1.12. The van der Waals surface area contributed by atoms with E-state index in [0.29, 0.717) is 25.8 Å². The van der Waals surface area contributed by atoms with Crippen molar-refractivity contribution in [2.45, 2.75) is 50.5 Å². The Labute approximate surface area is 118 Å². The molecule has 2 N–H and O–H groups in total. The lowest BCUT2D eigenvalue weighted by Gasteiger charge is -2.36. The van der Waals surface area contributed by atoms with Gasteiger partial charge >= 0.3 is 5.97 Å². The van der Waals surface area contributed by atoms with Crippen molar-refractivity contribution in [1.29, 1.82) is 0 Å².